The van der Waals surface area contributed by atoms with E-state index in [2.05, 4.69) is 26.7 Å². The Balaban J connectivity index is 1.41. The summed E-state index contributed by atoms with van der Waals surface area (Å²) in [7, 11) is 1.77. The molecule has 0 spiro atoms. The number of ether oxygens (including phenoxy) is 1. The van der Waals surface area contributed by atoms with Crippen LogP contribution in [0.2, 0.25) is 5.02 Å². The molecular formula is C23H25ClN4O. The molecule has 3 rings (SSSR count). The minimum atomic E-state index is 0.460. The summed E-state index contributed by atoms with van der Waals surface area (Å²) >= 11 is 6.02. The molecule has 0 aliphatic carbocycles. The number of rotatable bonds is 8. The van der Waals surface area contributed by atoms with E-state index in [1.165, 1.54) is 5.56 Å². The van der Waals surface area contributed by atoms with Crippen molar-refractivity contribution in [3.63, 3.8) is 0 Å². The van der Waals surface area contributed by atoms with E-state index in [0.717, 1.165) is 41.0 Å². The number of aromatic nitrogens is 1. The number of aliphatic imine (C=N–C) groups is 1. The summed E-state index contributed by atoms with van der Waals surface area (Å²) in [4.78, 5) is 8.53. The molecule has 0 atom stereocenters. The Kier molecular flexibility index (Phi) is 7.90. The highest BCUT2D eigenvalue weighted by molar-refractivity contribution is 6.30. The average Bonchev–Trinajstić information content (AvgIpc) is 2.76. The zero-order valence-corrected chi connectivity index (χ0v) is 17.2. The van der Waals surface area contributed by atoms with Gasteiger partial charge in [0, 0.05) is 31.4 Å². The summed E-state index contributed by atoms with van der Waals surface area (Å²) in [6.07, 6.45) is 2.65. The molecule has 0 aliphatic heterocycles. The van der Waals surface area contributed by atoms with Crippen LogP contribution in [-0.4, -0.2) is 24.5 Å². The zero-order chi connectivity index (χ0) is 20.3. The molecule has 1 aromatic heterocycles. The molecule has 0 radical (unpaired) electrons. The minimum absolute atomic E-state index is 0.460. The van der Waals surface area contributed by atoms with Gasteiger partial charge in [-0.05, 0) is 53.9 Å². The average molecular weight is 409 g/mol. The van der Waals surface area contributed by atoms with E-state index in [1.807, 2.05) is 60.7 Å². The first-order valence-corrected chi connectivity index (χ1v) is 9.91. The molecule has 0 amide bonds. The van der Waals surface area contributed by atoms with Crippen LogP contribution in [0.25, 0.3) is 0 Å². The second-order valence-corrected chi connectivity index (χ2v) is 6.92. The van der Waals surface area contributed by atoms with Crippen molar-refractivity contribution in [2.75, 3.05) is 13.6 Å². The molecule has 0 saturated heterocycles. The maximum absolute atomic E-state index is 6.02. The van der Waals surface area contributed by atoms with Crippen molar-refractivity contribution in [3.05, 3.63) is 94.8 Å². The van der Waals surface area contributed by atoms with Crippen molar-refractivity contribution in [1.82, 2.24) is 15.6 Å². The third-order valence-corrected chi connectivity index (χ3v) is 4.55. The second-order valence-electron chi connectivity index (χ2n) is 6.49. The zero-order valence-electron chi connectivity index (χ0n) is 16.4. The van der Waals surface area contributed by atoms with Crippen LogP contribution in [0.5, 0.6) is 5.75 Å². The summed E-state index contributed by atoms with van der Waals surface area (Å²) in [5, 5.41) is 7.41. The highest BCUT2D eigenvalue weighted by Gasteiger charge is 2.01. The second kappa shape index (κ2) is 11.1. The Morgan fingerprint density at radius 3 is 2.59 bits per heavy atom. The lowest BCUT2D eigenvalue weighted by atomic mass is 10.1. The van der Waals surface area contributed by atoms with Gasteiger partial charge in [-0.3, -0.25) is 9.98 Å². The SMILES string of the molecule is CN=C(NCCc1cccc(Cl)c1)NCc1ccc(OCc2ccccn2)cc1. The van der Waals surface area contributed by atoms with Crippen LogP contribution in [0.15, 0.2) is 77.9 Å². The molecule has 29 heavy (non-hydrogen) atoms. The molecule has 0 bridgehead atoms. The van der Waals surface area contributed by atoms with Gasteiger partial charge in [-0.2, -0.15) is 0 Å². The fourth-order valence-corrected chi connectivity index (χ4v) is 2.98. The fraction of sp³-hybridized carbons (Fsp3) is 0.217. The van der Waals surface area contributed by atoms with Crippen LogP contribution in [0, 0.1) is 0 Å². The predicted molar refractivity (Wildman–Crippen MR) is 118 cm³/mol. The number of pyridine rings is 1. The van der Waals surface area contributed by atoms with E-state index in [-0.39, 0.29) is 0 Å². The van der Waals surface area contributed by atoms with Gasteiger partial charge in [0.1, 0.15) is 12.4 Å². The molecule has 0 aliphatic rings. The Bertz CT molecular complexity index is 914. The number of halogens is 1. The molecular weight excluding hydrogens is 384 g/mol. The molecule has 0 unspecified atom stereocenters. The third-order valence-electron chi connectivity index (χ3n) is 4.31. The highest BCUT2D eigenvalue weighted by atomic mass is 35.5. The van der Waals surface area contributed by atoms with Crippen LogP contribution in [0.1, 0.15) is 16.8 Å². The normalized spacial score (nSPS) is 11.2. The number of benzene rings is 2. The number of hydrogen-bond donors (Lipinski definition) is 2. The molecule has 150 valence electrons. The van der Waals surface area contributed by atoms with Gasteiger partial charge in [0.25, 0.3) is 0 Å². The van der Waals surface area contributed by atoms with Crippen molar-refractivity contribution in [1.29, 1.82) is 0 Å². The molecule has 3 aromatic rings. The van der Waals surface area contributed by atoms with Gasteiger partial charge < -0.3 is 15.4 Å². The van der Waals surface area contributed by atoms with E-state index < -0.39 is 0 Å². The molecule has 6 heteroatoms. The maximum Gasteiger partial charge on any atom is 0.191 e. The van der Waals surface area contributed by atoms with Crippen LogP contribution in [0.4, 0.5) is 0 Å². The Morgan fingerprint density at radius 1 is 1.00 bits per heavy atom. The lowest BCUT2D eigenvalue weighted by Crippen LogP contribution is -2.37. The van der Waals surface area contributed by atoms with Crippen molar-refractivity contribution < 1.29 is 4.74 Å². The van der Waals surface area contributed by atoms with Gasteiger partial charge in [0.05, 0.1) is 5.69 Å². The van der Waals surface area contributed by atoms with Crippen molar-refractivity contribution in [2.24, 2.45) is 4.99 Å². The third kappa shape index (κ3) is 7.12. The van der Waals surface area contributed by atoms with Crippen LogP contribution in [0.3, 0.4) is 0 Å². The topological polar surface area (TPSA) is 58.5 Å². The number of nitrogens with zero attached hydrogens (tertiary/aromatic N) is 2. The molecule has 1 heterocycles. The van der Waals surface area contributed by atoms with Crippen molar-refractivity contribution in [2.45, 2.75) is 19.6 Å². The van der Waals surface area contributed by atoms with Gasteiger partial charge in [-0.25, -0.2) is 0 Å². The van der Waals surface area contributed by atoms with E-state index in [1.54, 1.807) is 13.2 Å². The standard InChI is InChI=1S/C23H25ClN4O/c1-25-23(27-14-12-18-5-4-6-20(24)15-18)28-16-19-8-10-22(11-9-19)29-17-21-7-2-3-13-26-21/h2-11,13,15H,12,14,16-17H2,1H3,(H2,25,27,28). The molecule has 0 fully saturated rings. The van der Waals surface area contributed by atoms with Gasteiger partial charge in [0.2, 0.25) is 0 Å². The summed E-state index contributed by atoms with van der Waals surface area (Å²) in [5.74, 6) is 1.59. The Hall–Kier alpha value is -3.05. The van der Waals surface area contributed by atoms with Gasteiger partial charge in [-0.1, -0.05) is 41.9 Å². The maximum atomic E-state index is 6.02. The number of guanidine groups is 1. The highest BCUT2D eigenvalue weighted by Crippen LogP contribution is 2.14. The van der Waals surface area contributed by atoms with E-state index in [4.69, 9.17) is 16.3 Å². The minimum Gasteiger partial charge on any atom is -0.487 e. The monoisotopic (exact) mass is 408 g/mol. The van der Waals surface area contributed by atoms with E-state index in [0.29, 0.717) is 13.2 Å². The van der Waals surface area contributed by atoms with E-state index in [9.17, 15) is 0 Å². The van der Waals surface area contributed by atoms with Crippen molar-refractivity contribution >= 4 is 17.6 Å². The van der Waals surface area contributed by atoms with Crippen LogP contribution in [-0.2, 0) is 19.6 Å². The van der Waals surface area contributed by atoms with Gasteiger partial charge in [0.15, 0.2) is 5.96 Å². The smallest absolute Gasteiger partial charge is 0.191 e. The first kappa shape index (κ1) is 20.7. The largest absolute Gasteiger partial charge is 0.487 e. The first-order valence-electron chi connectivity index (χ1n) is 9.53. The summed E-state index contributed by atoms with van der Waals surface area (Å²) in [6, 6.07) is 21.7. The molecule has 0 saturated carbocycles. The quantitative estimate of drug-likeness (QED) is 0.432. The number of hydrogen-bond acceptors (Lipinski definition) is 3. The molecule has 5 nitrogen and oxygen atoms in total. The summed E-state index contributed by atoms with van der Waals surface area (Å²) in [5.41, 5.74) is 3.25. The summed E-state index contributed by atoms with van der Waals surface area (Å²) in [6.45, 7) is 1.92. The number of nitrogens with one attached hydrogen (secondary N) is 2. The van der Waals surface area contributed by atoms with Gasteiger partial charge in [-0.15, -0.1) is 0 Å². The Morgan fingerprint density at radius 2 is 1.86 bits per heavy atom. The van der Waals surface area contributed by atoms with Crippen LogP contribution >= 0.6 is 11.6 Å². The lowest BCUT2D eigenvalue weighted by molar-refractivity contribution is 0.301. The van der Waals surface area contributed by atoms with Crippen LogP contribution < -0.4 is 15.4 Å². The first-order chi connectivity index (χ1) is 14.2. The molecule has 2 aromatic carbocycles. The fourth-order valence-electron chi connectivity index (χ4n) is 2.77. The summed E-state index contributed by atoms with van der Waals surface area (Å²) < 4.78 is 5.77. The van der Waals surface area contributed by atoms with E-state index >= 15 is 0 Å². The molecule has 2 N–H and O–H groups in total. The van der Waals surface area contributed by atoms with Crippen molar-refractivity contribution in [3.8, 4) is 5.75 Å². The lowest BCUT2D eigenvalue weighted by Gasteiger charge is -2.12. The Labute approximate surface area is 176 Å². The van der Waals surface area contributed by atoms with Gasteiger partial charge >= 0.3 is 0 Å². The predicted octanol–water partition coefficient (Wildman–Crippen LogP) is 4.22.